The molecule has 0 aliphatic heterocycles. The van der Waals surface area contributed by atoms with Crippen LogP contribution in [0.25, 0.3) is 0 Å². The predicted octanol–water partition coefficient (Wildman–Crippen LogP) is 2.79. The topological polar surface area (TPSA) is 20.2 Å². The highest BCUT2D eigenvalue weighted by molar-refractivity contribution is 6.31. The van der Waals surface area contributed by atoms with Gasteiger partial charge in [0, 0.05) is 5.02 Å². The molecule has 0 fully saturated rings. The third-order valence-corrected chi connectivity index (χ3v) is 2.62. The molecular formula is C10H12Cl2O. The minimum absolute atomic E-state index is 0.0216. The van der Waals surface area contributed by atoms with E-state index in [-0.39, 0.29) is 12.0 Å². The van der Waals surface area contributed by atoms with E-state index < -0.39 is 0 Å². The summed E-state index contributed by atoms with van der Waals surface area (Å²) in [4.78, 5) is 0. The molecule has 0 bridgehead atoms. The molecule has 1 N–H and O–H groups in total. The number of aliphatic hydroxyl groups excluding tert-OH is 1. The Hall–Kier alpha value is -0.240. The van der Waals surface area contributed by atoms with Crippen LogP contribution in [0.2, 0.25) is 5.02 Å². The van der Waals surface area contributed by atoms with E-state index in [1.54, 1.807) is 0 Å². The lowest BCUT2D eigenvalue weighted by Crippen LogP contribution is -2.09. The fourth-order valence-electron chi connectivity index (χ4n) is 1.21. The summed E-state index contributed by atoms with van der Waals surface area (Å²) in [7, 11) is 0. The Labute approximate surface area is 88.3 Å². The Bertz CT molecular complexity index is 266. The molecule has 0 aromatic heterocycles. The molecule has 1 rings (SSSR count). The summed E-state index contributed by atoms with van der Waals surface area (Å²) in [5, 5.41) is 9.27. The first-order valence-corrected chi connectivity index (χ1v) is 4.95. The van der Waals surface area contributed by atoms with Gasteiger partial charge in [0.25, 0.3) is 0 Å². The van der Waals surface area contributed by atoms with Crippen LogP contribution in [0.15, 0.2) is 18.2 Å². The van der Waals surface area contributed by atoms with E-state index in [9.17, 15) is 0 Å². The first-order chi connectivity index (χ1) is 6.15. The quantitative estimate of drug-likeness (QED) is 0.775. The summed E-state index contributed by atoms with van der Waals surface area (Å²) in [5.74, 6) is 0. The van der Waals surface area contributed by atoms with Crippen LogP contribution in [-0.4, -0.2) is 17.1 Å². The molecule has 0 saturated carbocycles. The number of aryl methyl sites for hydroxylation is 1. The molecule has 1 atom stereocenters. The van der Waals surface area contributed by atoms with Gasteiger partial charge in [0.2, 0.25) is 0 Å². The van der Waals surface area contributed by atoms with Crippen molar-refractivity contribution in [3.8, 4) is 0 Å². The number of rotatable bonds is 3. The molecular weight excluding hydrogens is 207 g/mol. The molecule has 0 aliphatic rings. The zero-order chi connectivity index (χ0) is 9.84. The second-order valence-corrected chi connectivity index (χ2v) is 4.04. The highest BCUT2D eigenvalue weighted by Crippen LogP contribution is 2.22. The van der Waals surface area contributed by atoms with Crippen LogP contribution in [0, 0.1) is 6.92 Å². The summed E-state index contributed by atoms with van der Waals surface area (Å²) in [6, 6.07) is 5.73. The third kappa shape index (κ3) is 2.87. The molecule has 1 aromatic rings. The number of aliphatic hydroxyl groups is 1. The second-order valence-electron chi connectivity index (χ2n) is 3.02. The minimum atomic E-state index is -0.251. The van der Waals surface area contributed by atoms with E-state index in [1.807, 2.05) is 25.1 Å². The summed E-state index contributed by atoms with van der Waals surface area (Å²) in [5.41, 5.74) is 2.14. The van der Waals surface area contributed by atoms with Gasteiger partial charge in [0.15, 0.2) is 0 Å². The zero-order valence-corrected chi connectivity index (χ0v) is 8.94. The van der Waals surface area contributed by atoms with Crippen molar-refractivity contribution in [2.24, 2.45) is 0 Å². The van der Waals surface area contributed by atoms with Gasteiger partial charge in [-0.15, -0.1) is 11.6 Å². The number of halogens is 2. The van der Waals surface area contributed by atoms with Crippen molar-refractivity contribution in [1.29, 1.82) is 0 Å². The SMILES string of the molecule is Cc1cccc(Cl)c1CC(Cl)CO. The van der Waals surface area contributed by atoms with Crippen LogP contribution in [0.5, 0.6) is 0 Å². The van der Waals surface area contributed by atoms with E-state index in [2.05, 4.69) is 0 Å². The number of benzene rings is 1. The Morgan fingerprint density at radius 2 is 2.15 bits per heavy atom. The van der Waals surface area contributed by atoms with Gasteiger partial charge in [-0.05, 0) is 30.5 Å². The summed E-state index contributed by atoms with van der Waals surface area (Å²) in [6.07, 6.45) is 0.615. The minimum Gasteiger partial charge on any atom is -0.395 e. The smallest absolute Gasteiger partial charge is 0.0608 e. The van der Waals surface area contributed by atoms with Crippen LogP contribution >= 0.6 is 23.2 Å². The van der Waals surface area contributed by atoms with Crippen molar-refractivity contribution in [3.63, 3.8) is 0 Å². The highest BCUT2D eigenvalue weighted by Gasteiger charge is 2.09. The Morgan fingerprint density at radius 3 is 2.69 bits per heavy atom. The van der Waals surface area contributed by atoms with Crippen LogP contribution in [0.1, 0.15) is 11.1 Å². The molecule has 1 nitrogen and oxygen atoms in total. The maximum absolute atomic E-state index is 8.80. The largest absolute Gasteiger partial charge is 0.395 e. The van der Waals surface area contributed by atoms with Crippen molar-refractivity contribution in [2.75, 3.05) is 6.61 Å². The Kier molecular flexibility index (Phi) is 4.04. The van der Waals surface area contributed by atoms with Gasteiger partial charge >= 0.3 is 0 Å². The van der Waals surface area contributed by atoms with Crippen LogP contribution in [-0.2, 0) is 6.42 Å². The Morgan fingerprint density at radius 1 is 1.46 bits per heavy atom. The van der Waals surface area contributed by atoms with Gasteiger partial charge in [0.1, 0.15) is 0 Å². The van der Waals surface area contributed by atoms with Crippen molar-refractivity contribution in [3.05, 3.63) is 34.3 Å². The van der Waals surface area contributed by atoms with Gasteiger partial charge in [-0.2, -0.15) is 0 Å². The van der Waals surface area contributed by atoms with Crippen LogP contribution < -0.4 is 0 Å². The average molecular weight is 219 g/mol. The Balaban J connectivity index is 2.87. The highest BCUT2D eigenvalue weighted by atomic mass is 35.5. The maximum Gasteiger partial charge on any atom is 0.0608 e. The summed E-state index contributed by atoms with van der Waals surface area (Å²) >= 11 is 11.8. The fraction of sp³-hybridized carbons (Fsp3) is 0.400. The standard InChI is InChI=1S/C10H12Cl2O/c1-7-3-2-4-10(12)9(7)5-8(11)6-13/h2-4,8,13H,5-6H2,1H3. The molecule has 0 radical (unpaired) electrons. The van der Waals surface area contributed by atoms with Gasteiger partial charge in [-0.3, -0.25) is 0 Å². The molecule has 0 saturated heterocycles. The monoisotopic (exact) mass is 218 g/mol. The second kappa shape index (κ2) is 4.85. The number of hydrogen-bond donors (Lipinski definition) is 1. The average Bonchev–Trinajstić information content (AvgIpc) is 2.11. The molecule has 0 amide bonds. The van der Waals surface area contributed by atoms with Gasteiger partial charge < -0.3 is 5.11 Å². The maximum atomic E-state index is 8.80. The predicted molar refractivity (Wildman–Crippen MR) is 56.6 cm³/mol. The fourth-order valence-corrected chi connectivity index (χ4v) is 1.66. The lowest BCUT2D eigenvalue weighted by atomic mass is 10.0. The molecule has 13 heavy (non-hydrogen) atoms. The van der Waals surface area contributed by atoms with E-state index >= 15 is 0 Å². The molecule has 1 unspecified atom stereocenters. The molecule has 0 aliphatic carbocycles. The lowest BCUT2D eigenvalue weighted by Gasteiger charge is -2.10. The first kappa shape index (κ1) is 10.8. The van der Waals surface area contributed by atoms with E-state index in [1.165, 1.54) is 0 Å². The van der Waals surface area contributed by atoms with Crippen LogP contribution in [0.3, 0.4) is 0 Å². The van der Waals surface area contributed by atoms with Crippen LogP contribution in [0.4, 0.5) is 0 Å². The van der Waals surface area contributed by atoms with Crippen molar-refractivity contribution >= 4 is 23.2 Å². The third-order valence-electron chi connectivity index (χ3n) is 1.98. The summed E-state index contributed by atoms with van der Waals surface area (Å²) < 4.78 is 0. The first-order valence-electron chi connectivity index (χ1n) is 4.14. The van der Waals surface area contributed by atoms with E-state index in [0.29, 0.717) is 6.42 Å². The molecule has 0 spiro atoms. The van der Waals surface area contributed by atoms with Crippen molar-refractivity contribution in [1.82, 2.24) is 0 Å². The summed E-state index contributed by atoms with van der Waals surface area (Å²) in [6.45, 7) is 1.97. The normalized spacial score (nSPS) is 12.9. The van der Waals surface area contributed by atoms with Gasteiger partial charge in [-0.1, -0.05) is 23.7 Å². The molecule has 0 heterocycles. The number of alkyl halides is 1. The van der Waals surface area contributed by atoms with Crippen molar-refractivity contribution < 1.29 is 5.11 Å². The van der Waals surface area contributed by atoms with E-state index in [4.69, 9.17) is 28.3 Å². The van der Waals surface area contributed by atoms with Crippen molar-refractivity contribution in [2.45, 2.75) is 18.7 Å². The molecule has 3 heteroatoms. The molecule has 72 valence electrons. The molecule has 1 aromatic carbocycles. The van der Waals surface area contributed by atoms with E-state index in [0.717, 1.165) is 16.1 Å². The lowest BCUT2D eigenvalue weighted by molar-refractivity contribution is 0.292. The van der Waals surface area contributed by atoms with Gasteiger partial charge in [-0.25, -0.2) is 0 Å². The van der Waals surface area contributed by atoms with Gasteiger partial charge in [0.05, 0.1) is 12.0 Å². The number of hydrogen-bond acceptors (Lipinski definition) is 1. The zero-order valence-electron chi connectivity index (χ0n) is 7.43.